The van der Waals surface area contributed by atoms with Crippen LogP contribution in [0.15, 0.2) is 125 Å². The maximum absolute atomic E-state index is 13.0. The zero-order valence-corrected chi connectivity index (χ0v) is 59.2. The Kier molecular flexibility index (Phi) is 31.7. The first-order valence-corrected chi connectivity index (χ1v) is 37.1. The fourth-order valence-electron chi connectivity index (χ4n) is 9.01. The summed E-state index contributed by atoms with van der Waals surface area (Å²) in [6.45, 7) is 25.8. The van der Waals surface area contributed by atoms with E-state index in [-0.39, 0.29) is 125 Å². The number of hydrogen-bond donors (Lipinski definition) is 6. The van der Waals surface area contributed by atoms with Crippen LogP contribution in [0.1, 0.15) is 119 Å². The fraction of sp³-hybridized carbons (Fsp3) is 0.516. The van der Waals surface area contributed by atoms with Crippen LogP contribution in [0, 0.1) is 13.8 Å². The second-order valence-electron chi connectivity index (χ2n) is 22.7. The summed E-state index contributed by atoms with van der Waals surface area (Å²) in [5.41, 5.74) is 1.13. The van der Waals surface area contributed by atoms with E-state index in [0.29, 0.717) is 61.9 Å². The summed E-state index contributed by atoms with van der Waals surface area (Å²) >= 11 is 0. The number of aromatic nitrogens is 4. The Morgan fingerprint density at radius 2 is 0.882 bits per heavy atom. The molecular formula is C62H92CoN12O14S4. The van der Waals surface area contributed by atoms with Gasteiger partial charge >= 0.3 is 0 Å². The molecule has 0 aliphatic carbocycles. The minimum absolute atomic E-state index is 0. The van der Waals surface area contributed by atoms with Crippen molar-refractivity contribution < 1.29 is 80.3 Å². The smallest absolute Gasteiger partial charge is 0.243 e. The van der Waals surface area contributed by atoms with E-state index in [2.05, 4.69) is 84.5 Å². The van der Waals surface area contributed by atoms with Gasteiger partial charge in [-0.3, -0.25) is 4.90 Å². The van der Waals surface area contributed by atoms with E-state index in [0.717, 1.165) is 51.7 Å². The molecule has 4 aromatic carbocycles. The van der Waals surface area contributed by atoms with Crippen LogP contribution in [0.25, 0.3) is 11.4 Å². The number of rotatable bonds is 37. The number of unbranched alkanes of at least 4 members (excludes halogenated alkanes) is 2. The van der Waals surface area contributed by atoms with E-state index < -0.39 is 39.7 Å². The number of nitrogens with one attached hydrogen (secondary N) is 2. The summed E-state index contributed by atoms with van der Waals surface area (Å²) in [4.78, 5) is 4.45. The maximum atomic E-state index is 13.0. The Bertz CT molecular complexity index is 3870. The van der Waals surface area contributed by atoms with Gasteiger partial charge in [0, 0.05) is 62.2 Å². The largest absolute Gasteiger partial charge is 0.506 e. The number of aromatic hydroxyl groups is 4. The monoisotopic (exact) mass is 1420 g/mol. The topological polar surface area (TPSA) is 352 Å². The average Bonchev–Trinajstić information content (AvgIpc) is 1.78. The second-order valence-corrected chi connectivity index (χ2v) is 30.4. The Hall–Kier alpha value is -6.23. The van der Waals surface area contributed by atoms with Gasteiger partial charge in [0.05, 0.1) is 66.1 Å². The molecule has 2 aromatic heterocycles. The molecule has 0 fully saturated rings. The van der Waals surface area contributed by atoms with Crippen molar-refractivity contribution in [1.29, 1.82) is 0 Å². The third-order valence-corrected chi connectivity index (χ3v) is 20.6. The van der Waals surface area contributed by atoms with Crippen LogP contribution in [-0.2, 0) is 66.0 Å². The van der Waals surface area contributed by atoms with E-state index in [1.807, 2.05) is 27.7 Å². The van der Waals surface area contributed by atoms with Crippen molar-refractivity contribution >= 4 is 62.5 Å². The molecule has 0 spiro atoms. The Labute approximate surface area is 559 Å². The number of sulfonamides is 2. The molecule has 2 heterocycles. The van der Waals surface area contributed by atoms with Crippen LogP contribution in [0.5, 0.6) is 23.3 Å². The molecule has 0 amide bonds. The Balaban J connectivity index is 0.000000392. The van der Waals surface area contributed by atoms with Crippen LogP contribution < -0.4 is 9.44 Å². The maximum Gasteiger partial charge on any atom is 0.243 e. The normalized spacial score (nSPS) is 12.5. The number of benzene rings is 4. The molecule has 26 nitrogen and oxygen atoms in total. The number of ether oxygens (including phenoxy) is 2. The summed E-state index contributed by atoms with van der Waals surface area (Å²) < 4.78 is 121. The number of aryl methyl sites for hydroxylation is 2. The van der Waals surface area contributed by atoms with Gasteiger partial charge in [-0.2, -0.15) is 19.6 Å². The standard InChI is InChI=1S/2C31H46N6O7S2.Co/c1-7-8-17-36(22(2)3)18-20-45(40,41)26-12-10-25(11-13-26)37-31(39)30(24(6)35-37)34-33-28-21-27(14-15-29(28)38)46(42,43)32-16-9-19-44-23(4)5;1-6-8-18-36(17-7-2)19-21-45(40,41)26-12-10-25(11-13-26)37-31(39)30(24(5)35-37)34-33-28-22-27(14-15-29(28)38)46(42,43)32-16-9-20-44-23(3)4;/h10-15,21-23,32,38-39H,7-9,16-20H2,1-6H3;10-15,22-23,32,38-39H,6-9,16-21H2,1-5H3;. The number of hydrogen-bond acceptors (Lipinski definition) is 22. The van der Waals surface area contributed by atoms with Crippen molar-refractivity contribution in [2.24, 2.45) is 20.5 Å². The molecule has 31 heteroatoms. The number of nitrogens with zero attached hydrogens (tertiary/aromatic N) is 10. The van der Waals surface area contributed by atoms with Crippen molar-refractivity contribution in [1.82, 2.24) is 38.8 Å². The summed E-state index contributed by atoms with van der Waals surface area (Å²) in [5, 5.41) is 67.1. The van der Waals surface area contributed by atoms with Crippen LogP contribution in [0.4, 0.5) is 22.7 Å². The van der Waals surface area contributed by atoms with Crippen LogP contribution in [-0.4, -0.2) is 172 Å². The van der Waals surface area contributed by atoms with Crippen molar-refractivity contribution in [3.05, 3.63) is 96.3 Å². The Morgan fingerprint density at radius 1 is 0.495 bits per heavy atom. The van der Waals surface area contributed by atoms with Crippen molar-refractivity contribution in [3.63, 3.8) is 0 Å². The molecular weight excluding hydrogens is 1320 g/mol. The van der Waals surface area contributed by atoms with Gasteiger partial charge in [0.15, 0.2) is 31.0 Å². The number of azo groups is 2. The zero-order chi connectivity index (χ0) is 68.0. The van der Waals surface area contributed by atoms with E-state index in [9.17, 15) is 54.1 Å². The summed E-state index contributed by atoms with van der Waals surface area (Å²) in [6.07, 6.45) is 6.13. The Morgan fingerprint density at radius 3 is 1.26 bits per heavy atom. The molecule has 0 saturated heterocycles. The number of phenols is 2. The van der Waals surface area contributed by atoms with Gasteiger partial charge in [-0.1, -0.05) is 33.6 Å². The summed E-state index contributed by atoms with van der Waals surface area (Å²) in [6, 6.07) is 19.6. The molecule has 6 aromatic rings. The minimum Gasteiger partial charge on any atom is -0.506 e. The van der Waals surface area contributed by atoms with Crippen LogP contribution >= 0.6 is 0 Å². The number of sulfone groups is 2. The fourth-order valence-corrected chi connectivity index (χ4v) is 13.7. The quantitative estimate of drug-likeness (QED) is 0.0156. The van der Waals surface area contributed by atoms with Gasteiger partial charge in [0.2, 0.25) is 31.8 Å². The molecule has 0 aliphatic rings. The SMILES string of the molecule is CCCCN(CCC)CCS(=O)(=O)c1ccc(-n2nc(C)c(N=Nc3cc(S(=O)(=O)NCCCOC(C)C)ccc3O)c2O)cc1.CCCCN(CCS(=O)(=O)c1ccc(-n2nc(C)c(N=Nc3cc(S(=O)(=O)NCCCOC(C)C)ccc3O)c2O)cc1)C(C)C.[Co]. The number of phenolic OH excluding ortho intramolecular Hbond substituents is 2. The van der Waals surface area contributed by atoms with E-state index in [4.69, 9.17) is 9.47 Å². The predicted molar refractivity (Wildman–Crippen MR) is 354 cm³/mol. The van der Waals surface area contributed by atoms with Crippen molar-refractivity contribution in [2.75, 3.05) is 70.5 Å². The predicted octanol–water partition coefficient (Wildman–Crippen LogP) is 10.8. The first-order chi connectivity index (χ1) is 43.4. The van der Waals surface area contributed by atoms with Crippen molar-refractivity contribution in [2.45, 2.75) is 159 Å². The molecule has 517 valence electrons. The average molecular weight is 1420 g/mol. The van der Waals surface area contributed by atoms with Crippen molar-refractivity contribution in [3.8, 4) is 34.6 Å². The molecule has 93 heavy (non-hydrogen) atoms. The van der Waals surface area contributed by atoms with Crippen LogP contribution in [0.3, 0.4) is 0 Å². The third-order valence-electron chi connectivity index (χ3n) is 14.3. The van der Waals surface area contributed by atoms with E-state index in [1.54, 1.807) is 38.1 Å². The van der Waals surface area contributed by atoms with Gasteiger partial charge < -0.3 is 34.8 Å². The van der Waals surface area contributed by atoms with Gasteiger partial charge in [0.1, 0.15) is 22.9 Å². The van der Waals surface area contributed by atoms with Gasteiger partial charge in [-0.15, -0.1) is 20.5 Å². The molecule has 0 saturated carbocycles. The first-order valence-electron chi connectivity index (χ1n) is 30.9. The molecule has 6 N–H and O–H groups in total. The summed E-state index contributed by atoms with van der Waals surface area (Å²) in [7, 11) is -14.8. The van der Waals surface area contributed by atoms with Crippen LogP contribution in [0.2, 0.25) is 0 Å². The van der Waals surface area contributed by atoms with Gasteiger partial charge in [0.25, 0.3) is 0 Å². The minimum atomic E-state index is -3.89. The third kappa shape index (κ3) is 23.9. The first kappa shape index (κ1) is 79.2. The van der Waals surface area contributed by atoms with Gasteiger partial charge in [-0.25, -0.2) is 43.1 Å². The second kappa shape index (κ2) is 37.2. The van der Waals surface area contributed by atoms with E-state index in [1.165, 1.54) is 70.0 Å². The molecule has 0 unspecified atom stereocenters. The zero-order valence-electron chi connectivity index (χ0n) is 54.9. The molecule has 1 radical (unpaired) electrons. The molecule has 0 atom stereocenters. The molecule has 0 bridgehead atoms. The van der Waals surface area contributed by atoms with E-state index >= 15 is 0 Å². The molecule has 0 aliphatic heterocycles. The van der Waals surface area contributed by atoms with Gasteiger partial charge in [-0.05, 0) is 192 Å². The molecule has 6 rings (SSSR count). The summed E-state index contributed by atoms with van der Waals surface area (Å²) in [5.74, 6) is -1.35.